The lowest BCUT2D eigenvalue weighted by Gasteiger charge is -2.22. The van der Waals surface area contributed by atoms with Crippen LogP contribution in [0.25, 0.3) is 0 Å². The van der Waals surface area contributed by atoms with Crippen molar-refractivity contribution < 1.29 is 14.0 Å². The number of rotatable bonds is 8. The van der Waals surface area contributed by atoms with E-state index in [4.69, 9.17) is 0 Å². The molecule has 2 aliphatic carbocycles. The summed E-state index contributed by atoms with van der Waals surface area (Å²) in [5.41, 5.74) is 1.85. The smallest absolute Gasteiger partial charge is 0.253 e. The van der Waals surface area contributed by atoms with Crippen LogP contribution in [0, 0.1) is 5.82 Å². The first-order valence-corrected chi connectivity index (χ1v) is 9.77. The topological polar surface area (TPSA) is 61.4 Å². The second-order valence-corrected chi connectivity index (χ2v) is 7.61. The predicted molar refractivity (Wildman–Crippen MR) is 105 cm³/mol. The molecule has 0 bridgehead atoms. The lowest BCUT2D eigenvalue weighted by molar-refractivity contribution is -0.117. The van der Waals surface area contributed by atoms with Crippen LogP contribution in [0.3, 0.4) is 0 Å². The van der Waals surface area contributed by atoms with Crippen LogP contribution in [0.15, 0.2) is 48.5 Å². The second kappa shape index (κ2) is 8.10. The first-order chi connectivity index (χ1) is 13.6. The number of halogens is 1. The molecule has 0 spiro atoms. The molecule has 28 heavy (non-hydrogen) atoms. The van der Waals surface area contributed by atoms with Crippen LogP contribution in [0.4, 0.5) is 10.1 Å². The van der Waals surface area contributed by atoms with E-state index in [-0.39, 0.29) is 30.2 Å². The minimum atomic E-state index is -0.270. The van der Waals surface area contributed by atoms with E-state index in [0.29, 0.717) is 23.8 Å². The van der Waals surface area contributed by atoms with Crippen molar-refractivity contribution in [2.45, 2.75) is 44.3 Å². The number of benzene rings is 2. The van der Waals surface area contributed by atoms with Crippen LogP contribution in [0.2, 0.25) is 0 Å². The van der Waals surface area contributed by atoms with E-state index in [2.05, 4.69) is 15.5 Å². The van der Waals surface area contributed by atoms with Gasteiger partial charge in [-0.1, -0.05) is 24.3 Å². The molecule has 0 unspecified atom stereocenters. The number of nitrogens with zero attached hydrogens (tertiary/aromatic N) is 1. The average Bonchev–Trinajstić information content (AvgIpc) is 3.56. The van der Waals surface area contributed by atoms with Crippen molar-refractivity contribution in [2.75, 3.05) is 11.9 Å². The van der Waals surface area contributed by atoms with E-state index >= 15 is 0 Å². The van der Waals surface area contributed by atoms with Gasteiger partial charge in [0.25, 0.3) is 5.91 Å². The molecule has 2 aliphatic rings. The summed E-state index contributed by atoms with van der Waals surface area (Å²) in [4.78, 5) is 27.1. The fourth-order valence-electron chi connectivity index (χ4n) is 3.28. The minimum Gasteiger partial charge on any atom is -0.349 e. The van der Waals surface area contributed by atoms with Crippen molar-refractivity contribution >= 4 is 17.5 Å². The van der Waals surface area contributed by atoms with Crippen molar-refractivity contribution in [3.05, 3.63) is 65.5 Å². The quantitative estimate of drug-likeness (QED) is 0.737. The first-order valence-electron chi connectivity index (χ1n) is 9.77. The number of hydrogen-bond donors (Lipinski definition) is 2. The van der Waals surface area contributed by atoms with Gasteiger partial charge in [-0.25, -0.2) is 4.39 Å². The zero-order valence-corrected chi connectivity index (χ0v) is 15.7. The first kappa shape index (κ1) is 18.6. The molecule has 0 aromatic heterocycles. The van der Waals surface area contributed by atoms with Crippen LogP contribution in [-0.4, -0.2) is 35.3 Å². The van der Waals surface area contributed by atoms with E-state index in [0.717, 1.165) is 31.2 Å². The monoisotopic (exact) mass is 381 g/mol. The summed E-state index contributed by atoms with van der Waals surface area (Å²) >= 11 is 0. The molecule has 4 rings (SSSR count). The van der Waals surface area contributed by atoms with Gasteiger partial charge in [0.15, 0.2) is 0 Å². The van der Waals surface area contributed by atoms with E-state index in [1.54, 1.807) is 30.3 Å². The van der Waals surface area contributed by atoms with E-state index < -0.39 is 0 Å². The Bertz CT molecular complexity index is 878. The maximum absolute atomic E-state index is 13.5. The molecular formula is C22H24FN3O2. The summed E-state index contributed by atoms with van der Waals surface area (Å²) in [7, 11) is 0. The van der Waals surface area contributed by atoms with Gasteiger partial charge in [-0.2, -0.15) is 0 Å². The Balaban J connectivity index is 1.41. The molecule has 0 heterocycles. The zero-order chi connectivity index (χ0) is 19.5. The normalized spacial score (nSPS) is 16.1. The van der Waals surface area contributed by atoms with Gasteiger partial charge < -0.3 is 10.6 Å². The zero-order valence-electron chi connectivity index (χ0n) is 15.7. The molecule has 5 nitrogen and oxygen atoms in total. The van der Waals surface area contributed by atoms with E-state index in [9.17, 15) is 14.0 Å². The molecule has 2 fully saturated rings. The molecule has 2 aromatic rings. The van der Waals surface area contributed by atoms with Gasteiger partial charge in [0, 0.05) is 18.6 Å². The molecule has 2 aromatic carbocycles. The fraction of sp³-hybridized carbons (Fsp3) is 0.364. The third kappa shape index (κ3) is 4.95. The highest BCUT2D eigenvalue weighted by Crippen LogP contribution is 2.28. The summed E-state index contributed by atoms with van der Waals surface area (Å²) in [5.74, 6) is -0.597. The van der Waals surface area contributed by atoms with Gasteiger partial charge in [-0.05, 0) is 55.5 Å². The largest absolute Gasteiger partial charge is 0.349 e. The number of hydrogen-bond acceptors (Lipinski definition) is 3. The third-order valence-electron chi connectivity index (χ3n) is 5.04. The highest BCUT2D eigenvalue weighted by molar-refractivity contribution is 6.04. The lowest BCUT2D eigenvalue weighted by atomic mass is 10.1. The standard InChI is InChI=1S/C22H24FN3O2/c23-16-5-3-4-15(12-16)13-26(18-10-11-18)14-21(27)25-20-7-2-1-6-19(20)22(28)24-17-8-9-17/h1-7,12,17-18H,8-11,13-14H2,(H,24,28)(H,25,27). The van der Waals surface area contributed by atoms with Crippen molar-refractivity contribution in [2.24, 2.45) is 0 Å². The molecule has 6 heteroatoms. The molecule has 2 N–H and O–H groups in total. The summed E-state index contributed by atoms with van der Waals surface area (Å²) in [6.45, 7) is 0.736. The van der Waals surface area contributed by atoms with Gasteiger partial charge in [0.2, 0.25) is 5.91 Å². The van der Waals surface area contributed by atoms with Crippen molar-refractivity contribution in [3.8, 4) is 0 Å². The molecule has 2 amide bonds. The van der Waals surface area contributed by atoms with Gasteiger partial charge in [-0.15, -0.1) is 0 Å². The molecular weight excluding hydrogens is 357 g/mol. The van der Waals surface area contributed by atoms with Crippen molar-refractivity contribution in [1.29, 1.82) is 0 Å². The Morgan fingerprint density at radius 2 is 1.82 bits per heavy atom. The number of amides is 2. The highest BCUT2D eigenvalue weighted by Gasteiger charge is 2.31. The van der Waals surface area contributed by atoms with E-state index in [1.807, 2.05) is 6.07 Å². The Hall–Kier alpha value is -2.73. The molecule has 0 aliphatic heterocycles. The molecule has 2 saturated carbocycles. The van der Waals surface area contributed by atoms with Crippen LogP contribution in [0.1, 0.15) is 41.6 Å². The number of nitrogens with one attached hydrogen (secondary N) is 2. The number of anilines is 1. The maximum atomic E-state index is 13.5. The van der Waals surface area contributed by atoms with Crippen LogP contribution in [0.5, 0.6) is 0 Å². The molecule has 0 atom stereocenters. The average molecular weight is 381 g/mol. The highest BCUT2D eigenvalue weighted by atomic mass is 19.1. The Labute approximate surface area is 163 Å². The van der Waals surface area contributed by atoms with Crippen LogP contribution >= 0.6 is 0 Å². The predicted octanol–water partition coefficient (Wildman–Crippen LogP) is 3.32. The molecule has 146 valence electrons. The van der Waals surface area contributed by atoms with Gasteiger partial charge in [0.1, 0.15) is 5.82 Å². The van der Waals surface area contributed by atoms with E-state index in [1.165, 1.54) is 12.1 Å². The maximum Gasteiger partial charge on any atom is 0.253 e. The van der Waals surface area contributed by atoms with Gasteiger partial charge >= 0.3 is 0 Å². The third-order valence-corrected chi connectivity index (χ3v) is 5.04. The van der Waals surface area contributed by atoms with Crippen LogP contribution < -0.4 is 10.6 Å². The van der Waals surface area contributed by atoms with Gasteiger partial charge in [0.05, 0.1) is 17.8 Å². The molecule has 0 radical (unpaired) electrons. The number of carbonyl (C=O) groups excluding carboxylic acids is 2. The Kier molecular flexibility index (Phi) is 5.39. The molecule has 0 saturated heterocycles. The Morgan fingerprint density at radius 1 is 1.04 bits per heavy atom. The lowest BCUT2D eigenvalue weighted by Crippen LogP contribution is -2.35. The summed E-state index contributed by atoms with van der Waals surface area (Å²) in [5, 5.41) is 5.83. The van der Waals surface area contributed by atoms with Crippen molar-refractivity contribution in [3.63, 3.8) is 0 Å². The number of carbonyl (C=O) groups is 2. The van der Waals surface area contributed by atoms with Crippen molar-refractivity contribution in [1.82, 2.24) is 10.2 Å². The summed E-state index contributed by atoms with van der Waals surface area (Å²) in [6.07, 6.45) is 4.11. The fourth-order valence-corrected chi connectivity index (χ4v) is 3.28. The number of para-hydroxylation sites is 1. The summed E-state index contributed by atoms with van der Waals surface area (Å²) < 4.78 is 13.5. The minimum absolute atomic E-state index is 0.155. The van der Waals surface area contributed by atoms with Crippen LogP contribution in [-0.2, 0) is 11.3 Å². The Morgan fingerprint density at radius 3 is 2.54 bits per heavy atom. The SMILES string of the molecule is O=C(CN(Cc1cccc(F)c1)C1CC1)Nc1ccccc1C(=O)NC1CC1. The second-order valence-electron chi connectivity index (χ2n) is 7.61. The van der Waals surface area contributed by atoms with Gasteiger partial charge in [-0.3, -0.25) is 14.5 Å². The summed E-state index contributed by atoms with van der Waals surface area (Å²) in [6, 6.07) is 14.1.